The summed E-state index contributed by atoms with van der Waals surface area (Å²) in [5, 5.41) is 3.89. The SMILES string of the molecule is NCC1CCCCC1NC(=O)CSCc1cccc(Cl)c1. The molecule has 0 spiro atoms. The fraction of sp³-hybridized carbons (Fsp3) is 0.562. The Balaban J connectivity index is 1.72. The van der Waals surface area contributed by atoms with Gasteiger partial charge < -0.3 is 11.1 Å². The first kappa shape index (κ1) is 16.7. The van der Waals surface area contributed by atoms with Crippen molar-refractivity contribution in [3.05, 3.63) is 34.9 Å². The molecule has 2 rings (SSSR count). The maximum absolute atomic E-state index is 12.0. The second-order valence-electron chi connectivity index (χ2n) is 5.58. The lowest BCUT2D eigenvalue weighted by Crippen LogP contribution is -2.45. The lowest BCUT2D eigenvalue weighted by molar-refractivity contribution is -0.119. The molecular weight excluding hydrogens is 304 g/mol. The number of carbonyl (C=O) groups is 1. The third-order valence-corrected chi connectivity index (χ3v) is 5.19. The van der Waals surface area contributed by atoms with Gasteiger partial charge in [0.2, 0.25) is 5.91 Å². The zero-order valence-corrected chi connectivity index (χ0v) is 13.8. The van der Waals surface area contributed by atoms with E-state index in [1.165, 1.54) is 12.8 Å². The average molecular weight is 327 g/mol. The highest BCUT2D eigenvalue weighted by atomic mass is 35.5. The van der Waals surface area contributed by atoms with E-state index >= 15 is 0 Å². The van der Waals surface area contributed by atoms with Gasteiger partial charge in [0.15, 0.2) is 0 Å². The van der Waals surface area contributed by atoms with Gasteiger partial charge in [-0.2, -0.15) is 0 Å². The lowest BCUT2D eigenvalue weighted by Gasteiger charge is -2.31. The van der Waals surface area contributed by atoms with Crippen molar-refractivity contribution in [3.8, 4) is 0 Å². The van der Waals surface area contributed by atoms with Crippen LogP contribution in [0.1, 0.15) is 31.2 Å². The van der Waals surface area contributed by atoms with Crippen LogP contribution in [0.25, 0.3) is 0 Å². The van der Waals surface area contributed by atoms with Crippen molar-refractivity contribution >= 4 is 29.3 Å². The van der Waals surface area contributed by atoms with E-state index in [1.54, 1.807) is 11.8 Å². The van der Waals surface area contributed by atoms with E-state index in [1.807, 2.05) is 24.3 Å². The Morgan fingerprint density at radius 1 is 1.38 bits per heavy atom. The number of hydrogen-bond acceptors (Lipinski definition) is 3. The van der Waals surface area contributed by atoms with Gasteiger partial charge in [-0.25, -0.2) is 0 Å². The molecule has 21 heavy (non-hydrogen) atoms. The van der Waals surface area contributed by atoms with Crippen molar-refractivity contribution in [1.29, 1.82) is 0 Å². The molecule has 1 aliphatic rings. The molecule has 0 saturated heterocycles. The fourth-order valence-electron chi connectivity index (χ4n) is 2.82. The predicted molar refractivity (Wildman–Crippen MR) is 90.6 cm³/mol. The maximum Gasteiger partial charge on any atom is 0.230 e. The number of thioether (sulfide) groups is 1. The molecule has 1 amide bonds. The van der Waals surface area contributed by atoms with Gasteiger partial charge in [0.1, 0.15) is 0 Å². The summed E-state index contributed by atoms with van der Waals surface area (Å²) in [7, 11) is 0. The van der Waals surface area contributed by atoms with Crippen molar-refractivity contribution in [1.82, 2.24) is 5.32 Å². The Kier molecular flexibility index (Phi) is 6.87. The molecule has 0 aliphatic heterocycles. The lowest BCUT2D eigenvalue weighted by atomic mass is 9.84. The average Bonchev–Trinajstić information content (AvgIpc) is 2.48. The summed E-state index contributed by atoms with van der Waals surface area (Å²) in [6, 6.07) is 8.04. The molecular formula is C16H23ClN2OS. The quantitative estimate of drug-likeness (QED) is 0.844. The van der Waals surface area contributed by atoms with Gasteiger partial charge in [-0.05, 0) is 43.0 Å². The summed E-state index contributed by atoms with van der Waals surface area (Å²) in [5.41, 5.74) is 6.94. The number of rotatable bonds is 6. The standard InChI is InChI=1S/C16H23ClN2OS/c17-14-6-3-4-12(8-14)10-21-11-16(20)19-15-7-2-1-5-13(15)9-18/h3-4,6,8,13,15H,1-2,5,7,9-11,18H2,(H,19,20). The molecule has 0 aromatic heterocycles. The third-order valence-electron chi connectivity index (χ3n) is 3.95. The van der Waals surface area contributed by atoms with Crippen molar-refractivity contribution in [3.63, 3.8) is 0 Å². The zero-order valence-electron chi connectivity index (χ0n) is 12.2. The molecule has 5 heteroatoms. The van der Waals surface area contributed by atoms with Gasteiger partial charge in [0, 0.05) is 16.8 Å². The predicted octanol–water partition coefficient (Wildman–Crippen LogP) is 3.21. The van der Waals surface area contributed by atoms with E-state index in [-0.39, 0.29) is 11.9 Å². The normalized spacial score (nSPS) is 22.0. The molecule has 3 N–H and O–H groups in total. The van der Waals surface area contributed by atoms with Gasteiger partial charge in [0.05, 0.1) is 5.75 Å². The highest BCUT2D eigenvalue weighted by Gasteiger charge is 2.24. The van der Waals surface area contributed by atoms with Gasteiger partial charge in [0.25, 0.3) is 0 Å². The summed E-state index contributed by atoms with van der Waals surface area (Å²) >= 11 is 7.57. The van der Waals surface area contributed by atoms with Gasteiger partial charge in [-0.1, -0.05) is 36.6 Å². The van der Waals surface area contributed by atoms with Crippen LogP contribution < -0.4 is 11.1 Å². The Morgan fingerprint density at radius 2 is 2.19 bits per heavy atom. The van der Waals surface area contributed by atoms with E-state index in [2.05, 4.69) is 5.32 Å². The topological polar surface area (TPSA) is 55.1 Å². The van der Waals surface area contributed by atoms with Crippen molar-refractivity contribution in [2.75, 3.05) is 12.3 Å². The highest BCUT2D eigenvalue weighted by Crippen LogP contribution is 2.23. The summed E-state index contributed by atoms with van der Waals surface area (Å²) < 4.78 is 0. The molecule has 0 heterocycles. The summed E-state index contributed by atoms with van der Waals surface area (Å²) in [4.78, 5) is 12.0. The number of nitrogens with two attached hydrogens (primary N) is 1. The molecule has 1 saturated carbocycles. The number of halogens is 1. The van der Waals surface area contributed by atoms with Crippen LogP contribution in [0, 0.1) is 5.92 Å². The number of amides is 1. The first-order chi connectivity index (χ1) is 10.2. The van der Waals surface area contributed by atoms with Crippen LogP contribution in [0.3, 0.4) is 0 Å². The van der Waals surface area contributed by atoms with Crippen LogP contribution in [0.5, 0.6) is 0 Å². The second kappa shape index (κ2) is 8.66. The first-order valence-corrected chi connectivity index (χ1v) is 9.04. The molecule has 1 aromatic rings. The van der Waals surface area contributed by atoms with Gasteiger partial charge >= 0.3 is 0 Å². The Labute approximate surface area is 136 Å². The van der Waals surface area contributed by atoms with Crippen LogP contribution in [0.15, 0.2) is 24.3 Å². The highest BCUT2D eigenvalue weighted by molar-refractivity contribution is 7.99. The van der Waals surface area contributed by atoms with Crippen LogP contribution in [-0.4, -0.2) is 24.2 Å². The van der Waals surface area contributed by atoms with E-state index in [9.17, 15) is 4.79 Å². The number of nitrogens with one attached hydrogen (secondary N) is 1. The monoisotopic (exact) mass is 326 g/mol. The van der Waals surface area contributed by atoms with Gasteiger partial charge in [-0.15, -0.1) is 11.8 Å². The van der Waals surface area contributed by atoms with Crippen LogP contribution in [-0.2, 0) is 10.5 Å². The van der Waals surface area contributed by atoms with E-state index in [0.29, 0.717) is 18.2 Å². The number of carbonyl (C=O) groups excluding carboxylic acids is 1. The van der Waals surface area contributed by atoms with Crippen molar-refractivity contribution in [2.24, 2.45) is 11.7 Å². The molecule has 0 radical (unpaired) electrons. The smallest absolute Gasteiger partial charge is 0.230 e. The molecule has 2 atom stereocenters. The molecule has 1 aliphatic carbocycles. The van der Waals surface area contributed by atoms with E-state index < -0.39 is 0 Å². The van der Waals surface area contributed by atoms with Crippen molar-refractivity contribution < 1.29 is 4.79 Å². The third kappa shape index (κ3) is 5.53. The minimum atomic E-state index is 0.118. The minimum Gasteiger partial charge on any atom is -0.352 e. The second-order valence-corrected chi connectivity index (χ2v) is 7.00. The number of benzene rings is 1. The maximum atomic E-state index is 12.0. The fourth-order valence-corrected chi connectivity index (χ4v) is 3.82. The summed E-state index contributed by atoms with van der Waals surface area (Å²) in [6.45, 7) is 0.667. The molecule has 3 nitrogen and oxygen atoms in total. The van der Waals surface area contributed by atoms with Crippen LogP contribution in [0.4, 0.5) is 0 Å². The molecule has 0 bridgehead atoms. The summed E-state index contributed by atoms with van der Waals surface area (Å²) in [5.74, 6) is 1.85. The minimum absolute atomic E-state index is 0.118. The Bertz CT molecular complexity index is 469. The largest absolute Gasteiger partial charge is 0.352 e. The number of hydrogen-bond donors (Lipinski definition) is 2. The van der Waals surface area contributed by atoms with E-state index in [0.717, 1.165) is 29.2 Å². The van der Waals surface area contributed by atoms with Gasteiger partial charge in [-0.3, -0.25) is 4.79 Å². The molecule has 2 unspecified atom stereocenters. The molecule has 1 fully saturated rings. The Hall–Kier alpha value is -0.710. The zero-order chi connectivity index (χ0) is 15.1. The van der Waals surface area contributed by atoms with Crippen LogP contribution >= 0.6 is 23.4 Å². The summed E-state index contributed by atoms with van der Waals surface area (Å²) in [6.07, 6.45) is 4.62. The Morgan fingerprint density at radius 3 is 2.95 bits per heavy atom. The van der Waals surface area contributed by atoms with Crippen molar-refractivity contribution in [2.45, 2.75) is 37.5 Å². The molecule has 116 valence electrons. The first-order valence-electron chi connectivity index (χ1n) is 7.50. The van der Waals surface area contributed by atoms with E-state index in [4.69, 9.17) is 17.3 Å². The van der Waals surface area contributed by atoms with Crippen LogP contribution in [0.2, 0.25) is 5.02 Å². The molecule has 1 aromatic carbocycles.